The normalized spacial score (nSPS) is 17.3. The Labute approximate surface area is 407 Å². The lowest BCUT2D eigenvalue weighted by Crippen LogP contribution is -2.74. The fraction of sp³-hybridized carbons (Fsp3) is 0.157. The number of nitrogens with one attached hydrogen (secondary N) is 2. The number of thioether (sulfide) groups is 1. The number of aryl methyl sites for hydroxylation is 1. The number of rotatable bonds is 16. The molecule has 4 heterocycles. The van der Waals surface area contributed by atoms with Crippen molar-refractivity contribution >= 4 is 73.9 Å². The topological polar surface area (TPSA) is 165 Å². The molecule has 7 aromatic rings. The summed E-state index contributed by atoms with van der Waals surface area (Å²) in [6, 6.07) is 47.4. The predicted octanol–water partition coefficient (Wildman–Crippen LogP) is 8.76. The molecule has 9 rings (SSSR count). The van der Waals surface area contributed by atoms with Gasteiger partial charge >= 0.3 is 5.97 Å². The third-order valence-corrected chi connectivity index (χ3v) is 15.5. The van der Waals surface area contributed by atoms with Gasteiger partial charge in [0.15, 0.2) is 21.3 Å². The molecule has 17 heteroatoms. The first-order chi connectivity index (χ1) is 33.1. The van der Waals surface area contributed by atoms with Crippen LogP contribution in [0.5, 0.6) is 0 Å². The number of ether oxygens (including phenoxy) is 1. The Morgan fingerprint density at radius 1 is 0.853 bits per heavy atom. The maximum atomic E-state index is 14.7. The van der Waals surface area contributed by atoms with E-state index in [1.54, 1.807) is 11.5 Å². The second kappa shape index (κ2) is 20.4. The van der Waals surface area contributed by atoms with E-state index >= 15 is 0 Å². The van der Waals surface area contributed by atoms with Gasteiger partial charge < -0.3 is 20.2 Å². The van der Waals surface area contributed by atoms with E-state index in [9.17, 15) is 18.6 Å². The van der Waals surface area contributed by atoms with Crippen molar-refractivity contribution in [3.63, 3.8) is 0 Å². The highest BCUT2D eigenvalue weighted by molar-refractivity contribution is 8.04. The number of hydrogen-bond donors (Lipinski definition) is 2. The Bertz CT molecular complexity index is 2920. The molecule has 0 saturated carbocycles. The number of anilines is 1. The van der Waals surface area contributed by atoms with E-state index in [4.69, 9.17) is 14.6 Å². The van der Waals surface area contributed by atoms with Crippen molar-refractivity contribution in [2.75, 3.05) is 18.2 Å². The van der Waals surface area contributed by atoms with Crippen LogP contribution in [0.2, 0.25) is 0 Å². The van der Waals surface area contributed by atoms with E-state index in [1.165, 1.54) is 46.4 Å². The summed E-state index contributed by atoms with van der Waals surface area (Å²) in [7, 11) is -0.475. The van der Waals surface area contributed by atoms with Crippen molar-refractivity contribution in [1.29, 1.82) is 0 Å². The fourth-order valence-electron chi connectivity index (χ4n) is 8.27. The third-order valence-electron chi connectivity index (χ3n) is 11.3. The zero-order chi connectivity index (χ0) is 47.2. The first kappa shape index (κ1) is 46.1. The summed E-state index contributed by atoms with van der Waals surface area (Å²) in [6.07, 6.45) is 0.897. The average molecular weight is 978 g/mol. The van der Waals surface area contributed by atoms with Crippen LogP contribution in [0.1, 0.15) is 51.5 Å². The molecule has 0 bridgehead atoms. The molecule has 0 radical (unpaired) electrons. The van der Waals surface area contributed by atoms with E-state index in [1.807, 2.05) is 166 Å². The molecule has 2 N–H and O–H groups in total. The van der Waals surface area contributed by atoms with Gasteiger partial charge in [0.2, 0.25) is 0 Å². The Morgan fingerprint density at radius 2 is 1.40 bits per heavy atom. The van der Waals surface area contributed by atoms with Gasteiger partial charge in [-0.1, -0.05) is 180 Å². The molecule has 0 spiro atoms. The van der Waals surface area contributed by atoms with Crippen LogP contribution < -0.4 is 10.6 Å². The van der Waals surface area contributed by atoms with Crippen LogP contribution in [-0.2, 0) is 40.3 Å². The third kappa shape index (κ3) is 9.42. The number of carbonyl (C=O) groups is 3. The van der Waals surface area contributed by atoms with Crippen molar-refractivity contribution in [2.24, 2.45) is 5.16 Å². The van der Waals surface area contributed by atoms with Gasteiger partial charge in [0.05, 0.1) is 16.6 Å². The molecule has 68 heavy (non-hydrogen) atoms. The number of carbonyl (C=O) groups excluding carboxylic acids is 3. The van der Waals surface area contributed by atoms with Crippen molar-refractivity contribution in [3.05, 3.63) is 218 Å². The average Bonchev–Trinajstić information content (AvgIpc) is 4.02. The zero-order valence-corrected chi connectivity index (χ0v) is 40.1. The summed E-state index contributed by atoms with van der Waals surface area (Å²) in [4.78, 5) is 55.3. The minimum Gasteiger partial charge on any atom is -0.448 e. The molecule has 3 atom stereocenters. The van der Waals surface area contributed by atoms with E-state index in [0.29, 0.717) is 15.0 Å². The van der Waals surface area contributed by atoms with Gasteiger partial charge in [0.25, 0.3) is 11.8 Å². The highest BCUT2D eigenvalue weighted by Crippen LogP contribution is 2.42. The lowest BCUT2D eigenvalue weighted by Gasteiger charge is -2.49. The Morgan fingerprint density at radius 3 is 1.91 bits per heavy atom. The molecule has 2 amide bonds. The van der Waals surface area contributed by atoms with Crippen LogP contribution in [0.4, 0.5) is 5.13 Å². The number of fused-ring (bicyclic) bond motifs is 1. The molecular weight excluding hydrogens is 935 g/mol. The largest absolute Gasteiger partial charge is 0.448 e. The summed E-state index contributed by atoms with van der Waals surface area (Å²) in [5.41, 5.74) is 3.66. The van der Waals surface area contributed by atoms with Gasteiger partial charge in [0.1, 0.15) is 40.5 Å². The minimum absolute atomic E-state index is 0.0601. The van der Waals surface area contributed by atoms with Gasteiger partial charge in [-0.05, 0) is 58.2 Å². The summed E-state index contributed by atoms with van der Waals surface area (Å²) in [6.45, 7) is 3.69. The summed E-state index contributed by atoms with van der Waals surface area (Å²) >= 11 is 4.02. The number of thiazole rings is 1. The number of nitrogens with zero attached hydrogens (tertiary/aromatic N) is 5. The second-order valence-electron chi connectivity index (χ2n) is 15.6. The smallest absolute Gasteiger partial charge is 0.356 e. The van der Waals surface area contributed by atoms with E-state index in [2.05, 4.69) is 26.0 Å². The quantitative estimate of drug-likeness (QED) is 0.0238. The number of aromatic nitrogens is 3. The van der Waals surface area contributed by atoms with Gasteiger partial charge in [-0.25, -0.2) is 9.78 Å². The maximum absolute atomic E-state index is 14.7. The van der Waals surface area contributed by atoms with E-state index < -0.39 is 51.6 Å². The highest BCUT2D eigenvalue weighted by Gasteiger charge is 2.57. The van der Waals surface area contributed by atoms with Crippen LogP contribution in [0.25, 0.3) is 0 Å². The fourth-order valence-corrected chi connectivity index (χ4v) is 12.5. The number of hydrogen-bond acceptors (Lipinski definition) is 14. The van der Waals surface area contributed by atoms with Crippen molar-refractivity contribution in [1.82, 2.24) is 25.4 Å². The number of benzene rings is 5. The van der Waals surface area contributed by atoms with Crippen LogP contribution in [-0.4, -0.2) is 72.1 Å². The van der Waals surface area contributed by atoms with Crippen molar-refractivity contribution in [3.8, 4) is 0 Å². The van der Waals surface area contributed by atoms with Gasteiger partial charge in [0, 0.05) is 5.38 Å². The van der Waals surface area contributed by atoms with Gasteiger partial charge in [-0.2, -0.15) is 0 Å². The molecule has 2 aliphatic heterocycles. The van der Waals surface area contributed by atoms with Crippen LogP contribution >= 0.6 is 34.4 Å². The molecule has 0 aliphatic carbocycles. The van der Waals surface area contributed by atoms with Crippen molar-refractivity contribution < 1.29 is 28.2 Å². The van der Waals surface area contributed by atoms with Crippen LogP contribution in [0, 0.1) is 6.92 Å². The summed E-state index contributed by atoms with van der Waals surface area (Å²) in [5, 5.41) is 20.7. The molecule has 3 unspecified atom stereocenters. The number of oxime groups is 1. The standard InChI is InChI=1S/C51H43N7O6S4/c1-32(66-50-56-55-33(2)67-50)29-36-31-68(62)47-42(46(60)58(47)43(36)48(61)64-44(34-19-9-4-10-20-34)35-21-11-5-12-22-35)53-45(59)41(57-63-3)40-30-65-49(52-40)54-51(37-23-13-6-14-24-37,38-25-15-7-16-26-38)39-27-17-8-18-28-39/h4-30,42,44,47H,31H2,1-3H3,(H,52,54)(H,53,59)/b32-29+,57-41+. The zero-order valence-electron chi connectivity index (χ0n) is 36.8. The molecule has 2 aliphatic rings. The first-order valence-corrected chi connectivity index (χ1v) is 25.3. The van der Waals surface area contributed by atoms with Gasteiger partial charge in [-0.3, -0.25) is 18.7 Å². The number of amides is 2. The monoisotopic (exact) mass is 977 g/mol. The minimum atomic E-state index is -1.78. The van der Waals surface area contributed by atoms with E-state index in [-0.39, 0.29) is 22.9 Å². The molecule has 342 valence electrons. The number of β-lactam (4-membered cyclic amide) rings is 1. The lowest BCUT2D eigenvalue weighted by molar-refractivity contribution is -0.154. The summed E-state index contributed by atoms with van der Waals surface area (Å²) < 4.78 is 21.3. The number of allylic oxidation sites excluding steroid dienone is 2. The molecule has 1 saturated heterocycles. The Hall–Kier alpha value is -7.05. The summed E-state index contributed by atoms with van der Waals surface area (Å²) in [5.74, 6) is -2.33. The molecular formula is C51H43N7O6S4. The lowest BCUT2D eigenvalue weighted by atomic mass is 9.77. The highest BCUT2D eigenvalue weighted by atomic mass is 32.2. The Kier molecular flexibility index (Phi) is 13.9. The van der Waals surface area contributed by atoms with E-state index in [0.717, 1.165) is 37.7 Å². The first-order valence-electron chi connectivity index (χ1n) is 21.4. The predicted molar refractivity (Wildman–Crippen MR) is 266 cm³/mol. The molecule has 13 nitrogen and oxygen atoms in total. The SMILES string of the molecule is CO/N=C(/C(=O)NC1C(=O)N2C(C(=O)OC(c3ccccc3)c3ccccc3)=C(/C=C(\C)Sc3nnc(C)s3)CS(=O)C12)c1csc(NC(c2ccccc2)(c2ccccc2)c2ccccc2)n1. The number of esters is 1. The van der Waals surface area contributed by atoms with Crippen LogP contribution in [0.15, 0.2) is 189 Å². The second-order valence-corrected chi connectivity index (χ2v) is 20.7. The maximum Gasteiger partial charge on any atom is 0.356 e. The van der Waals surface area contributed by atoms with Crippen molar-refractivity contribution in [2.45, 2.75) is 41.2 Å². The Balaban J connectivity index is 1.01. The van der Waals surface area contributed by atoms with Crippen LogP contribution in [0.3, 0.4) is 0 Å². The molecule has 1 fully saturated rings. The van der Waals surface area contributed by atoms with Gasteiger partial charge in [-0.15, -0.1) is 21.5 Å². The molecule has 5 aromatic carbocycles. The molecule has 2 aromatic heterocycles.